The van der Waals surface area contributed by atoms with Crippen LogP contribution in [0.25, 0.3) is 0 Å². The van der Waals surface area contributed by atoms with Gasteiger partial charge in [0.25, 0.3) is 0 Å². The van der Waals surface area contributed by atoms with Crippen molar-refractivity contribution in [3.05, 3.63) is 24.3 Å². The van der Waals surface area contributed by atoms with E-state index in [4.69, 9.17) is 0 Å². The third-order valence-electron chi connectivity index (χ3n) is 3.23. The molecule has 1 fully saturated rings. The van der Waals surface area contributed by atoms with Gasteiger partial charge >= 0.3 is 6.36 Å². The molecule has 0 aromatic heterocycles. The Morgan fingerprint density at radius 1 is 1.19 bits per heavy atom. The molecule has 116 valence electrons. The van der Waals surface area contributed by atoms with Crippen molar-refractivity contribution in [1.29, 1.82) is 0 Å². The van der Waals surface area contributed by atoms with Gasteiger partial charge in [0, 0.05) is 5.69 Å². The lowest BCUT2D eigenvalue weighted by atomic mass is 10.1. The number of benzene rings is 1. The maximum atomic E-state index is 12.0. The molecular weight excluding hydrogens is 285 g/mol. The molecule has 0 saturated carbocycles. The number of alkyl halides is 3. The molecule has 2 N–H and O–H groups in total. The summed E-state index contributed by atoms with van der Waals surface area (Å²) in [5.41, 5.74) is 0.445. The van der Waals surface area contributed by atoms with Crippen LogP contribution in [0.4, 0.5) is 18.9 Å². The smallest absolute Gasteiger partial charge is 0.406 e. The first-order chi connectivity index (χ1) is 9.94. The van der Waals surface area contributed by atoms with Crippen molar-refractivity contribution in [2.24, 2.45) is 0 Å². The lowest BCUT2D eigenvalue weighted by molar-refractivity contribution is -0.274. The molecule has 1 aliphatic rings. The van der Waals surface area contributed by atoms with Crippen molar-refractivity contribution in [2.45, 2.75) is 38.1 Å². The van der Waals surface area contributed by atoms with Crippen LogP contribution < -0.4 is 15.4 Å². The van der Waals surface area contributed by atoms with Crippen molar-refractivity contribution in [1.82, 2.24) is 5.32 Å². The molecule has 0 spiro atoms. The van der Waals surface area contributed by atoms with E-state index in [1.54, 1.807) is 0 Å². The number of hydrogen-bond acceptors (Lipinski definition) is 3. The summed E-state index contributed by atoms with van der Waals surface area (Å²) in [6.45, 7) is 0.802. The third kappa shape index (κ3) is 5.26. The molecule has 1 atom stereocenters. The second kappa shape index (κ2) is 6.80. The first-order valence-corrected chi connectivity index (χ1v) is 6.84. The zero-order valence-corrected chi connectivity index (χ0v) is 11.4. The molecule has 1 aliphatic heterocycles. The summed E-state index contributed by atoms with van der Waals surface area (Å²) in [4.78, 5) is 12.0. The highest BCUT2D eigenvalue weighted by atomic mass is 19.4. The van der Waals surface area contributed by atoms with Crippen molar-refractivity contribution in [2.75, 3.05) is 11.9 Å². The van der Waals surface area contributed by atoms with Crippen molar-refractivity contribution in [3.8, 4) is 5.75 Å². The molecule has 21 heavy (non-hydrogen) atoms. The van der Waals surface area contributed by atoms with E-state index in [9.17, 15) is 18.0 Å². The lowest BCUT2D eigenvalue weighted by Gasteiger charge is -2.16. The number of hydrogen-bond donors (Lipinski definition) is 2. The van der Waals surface area contributed by atoms with E-state index in [0.29, 0.717) is 5.69 Å². The second-order valence-electron chi connectivity index (χ2n) is 4.92. The molecule has 4 nitrogen and oxygen atoms in total. The Morgan fingerprint density at radius 2 is 1.90 bits per heavy atom. The summed E-state index contributed by atoms with van der Waals surface area (Å²) in [5.74, 6) is -0.477. The Bertz CT molecular complexity index is 466. The number of rotatable bonds is 3. The topological polar surface area (TPSA) is 50.4 Å². The molecule has 1 amide bonds. The van der Waals surface area contributed by atoms with E-state index < -0.39 is 6.36 Å². The lowest BCUT2D eigenvalue weighted by Crippen LogP contribution is -2.39. The highest BCUT2D eigenvalue weighted by Gasteiger charge is 2.31. The number of nitrogens with one attached hydrogen (secondary N) is 2. The van der Waals surface area contributed by atoms with Gasteiger partial charge in [-0.15, -0.1) is 13.2 Å². The average molecular weight is 302 g/mol. The maximum absolute atomic E-state index is 12.0. The number of halogens is 3. The molecule has 0 bridgehead atoms. The van der Waals surface area contributed by atoms with Crippen LogP contribution in [0.2, 0.25) is 0 Å². The quantitative estimate of drug-likeness (QED) is 0.902. The van der Waals surface area contributed by atoms with E-state index in [1.807, 2.05) is 0 Å². The maximum Gasteiger partial charge on any atom is 0.573 e. The zero-order valence-electron chi connectivity index (χ0n) is 11.4. The minimum atomic E-state index is -4.71. The molecule has 0 aliphatic carbocycles. The van der Waals surface area contributed by atoms with Crippen LogP contribution in [-0.4, -0.2) is 24.9 Å². The van der Waals surface area contributed by atoms with E-state index in [2.05, 4.69) is 15.4 Å². The second-order valence-corrected chi connectivity index (χ2v) is 4.92. The summed E-state index contributed by atoms with van der Waals surface area (Å²) in [6.07, 6.45) is -0.812. The molecule has 0 radical (unpaired) electrons. The van der Waals surface area contributed by atoms with Crippen molar-refractivity contribution in [3.63, 3.8) is 0 Å². The van der Waals surface area contributed by atoms with Gasteiger partial charge in [0.15, 0.2) is 0 Å². The molecule has 1 unspecified atom stereocenters. The van der Waals surface area contributed by atoms with Crippen molar-refractivity contribution >= 4 is 11.6 Å². The highest BCUT2D eigenvalue weighted by Crippen LogP contribution is 2.24. The average Bonchev–Trinajstić information content (AvgIpc) is 2.68. The normalized spacial score (nSPS) is 19.7. The van der Waals surface area contributed by atoms with Gasteiger partial charge in [0.2, 0.25) is 5.91 Å². The van der Waals surface area contributed by atoms with Crippen LogP contribution in [0.3, 0.4) is 0 Å². The first-order valence-electron chi connectivity index (χ1n) is 6.84. The van der Waals surface area contributed by atoms with Gasteiger partial charge in [0.1, 0.15) is 5.75 Å². The Hall–Kier alpha value is -1.76. The largest absolute Gasteiger partial charge is 0.573 e. The van der Waals surface area contributed by atoms with Crippen LogP contribution in [0.1, 0.15) is 25.7 Å². The summed E-state index contributed by atoms with van der Waals surface area (Å²) in [6, 6.07) is 4.86. The van der Waals surface area contributed by atoms with Gasteiger partial charge < -0.3 is 15.4 Å². The van der Waals surface area contributed by atoms with Gasteiger partial charge in [-0.25, -0.2) is 0 Å². The van der Waals surface area contributed by atoms with Gasteiger partial charge in [0.05, 0.1) is 6.04 Å². The van der Waals surface area contributed by atoms with E-state index >= 15 is 0 Å². The van der Waals surface area contributed by atoms with Crippen LogP contribution >= 0.6 is 0 Å². The fourth-order valence-corrected chi connectivity index (χ4v) is 2.22. The molecule has 1 aromatic carbocycles. The van der Waals surface area contributed by atoms with Gasteiger partial charge in [-0.05, 0) is 43.7 Å². The standard InChI is InChI=1S/C14H17F3N2O2/c15-14(16,17)21-11-7-5-10(6-8-11)19-13(20)12-4-2-1-3-9-18-12/h5-8,12,18H,1-4,9H2,(H,19,20). The first kappa shape index (κ1) is 15.6. The van der Waals surface area contributed by atoms with Gasteiger partial charge in [-0.2, -0.15) is 0 Å². The Morgan fingerprint density at radius 3 is 2.57 bits per heavy atom. The minimum absolute atomic E-state index is 0.165. The number of anilines is 1. The third-order valence-corrected chi connectivity index (χ3v) is 3.23. The fraction of sp³-hybridized carbons (Fsp3) is 0.500. The predicted octanol–water partition coefficient (Wildman–Crippen LogP) is 3.06. The van der Waals surface area contributed by atoms with E-state index in [-0.39, 0.29) is 17.7 Å². The number of carbonyl (C=O) groups excluding carboxylic acids is 1. The minimum Gasteiger partial charge on any atom is -0.406 e. The SMILES string of the molecule is O=C(Nc1ccc(OC(F)(F)F)cc1)C1CCCCCN1. The van der Waals surface area contributed by atoms with Crippen LogP contribution in [0, 0.1) is 0 Å². The molecule has 1 heterocycles. The Labute approximate surface area is 120 Å². The molecule has 1 aromatic rings. The number of ether oxygens (including phenoxy) is 1. The molecule has 1 saturated heterocycles. The summed E-state index contributed by atoms with van der Waals surface area (Å²) in [5, 5.41) is 5.85. The monoisotopic (exact) mass is 302 g/mol. The van der Waals surface area contributed by atoms with Gasteiger partial charge in [-0.1, -0.05) is 12.8 Å². The summed E-state index contributed by atoms with van der Waals surface area (Å²) in [7, 11) is 0. The van der Waals surface area contributed by atoms with Crippen LogP contribution in [-0.2, 0) is 4.79 Å². The fourth-order valence-electron chi connectivity index (χ4n) is 2.22. The number of amides is 1. The molecule has 7 heteroatoms. The highest BCUT2D eigenvalue weighted by molar-refractivity contribution is 5.94. The van der Waals surface area contributed by atoms with E-state index in [0.717, 1.165) is 32.2 Å². The van der Waals surface area contributed by atoms with Gasteiger partial charge in [-0.3, -0.25) is 4.79 Å². The molecule has 2 rings (SSSR count). The zero-order chi connectivity index (χ0) is 15.3. The predicted molar refractivity (Wildman–Crippen MR) is 72.0 cm³/mol. The Kier molecular flexibility index (Phi) is 5.06. The van der Waals surface area contributed by atoms with Crippen LogP contribution in [0.5, 0.6) is 5.75 Å². The molecular formula is C14H17F3N2O2. The number of carbonyl (C=O) groups is 1. The summed E-state index contributed by atoms with van der Waals surface area (Å²) < 4.78 is 39.9. The van der Waals surface area contributed by atoms with E-state index in [1.165, 1.54) is 24.3 Å². The summed E-state index contributed by atoms with van der Waals surface area (Å²) >= 11 is 0. The van der Waals surface area contributed by atoms with Crippen LogP contribution in [0.15, 0.2) is 24.3 Å². The Balaban J connectivity index is 1.91. The van der Waals surface area contributed by atoms with Crippen molar-refractivity contribution < 1.29 is 22.7 Å².